The van der Waals surface area contributed by atoms with E-state index in [2.05, 4.69) is 10.1 Å². The number of sulfone groups is 1. The number of hydrogen-bond acceptors (Lipinski definition) is 10. The maximum atomic E-state index is 13.5. The SMILES string of the molecule is CC(C)S(=O)(=O)c1ccc(-c2cnc(N(C(=O)OC(C)(C)C)C(=O)OC(C)(C)C)c(-c3cc(-c4ccc(CCl)cc4)no3)n2)cc1. The first-order chi connectivity index (χ1) is 21.4. The van der Waals surface area contributed by atoms with Gasteiger partial charge in [-0.3, -0.25) is 0 Å². The third kappa shape index (κ3) is 8.10. The maximum Gasteiger partial charge on any atom is 0.425 e. The van der Waals surface area contributed by atoms with Gasteiger partial charge in [-0.2, -0.15) is 4.90 Å². The summed E-state index contributed by atoms with van der Waals surface area (Å²) in [4.78, 5) is 37.1. The Hall–Kier alpha value is -4.29. The van der Waals surface area contributed by atoms with Crippen molar-refractivity contribution in [1.82, 2.24) is 15.1 Å². The number of alkyl halides is 1. The number of aromatic nitrogens is 3. The van der Waals surface area contributed by atoms with Gasteiger partial charge in [-0.05, 0) is 73.1 Å². The molecule has 244 valence electrons. The molecule has 0 fully saturated rings. The Labute approximate surface area is 273 Å². The summed E-state index contributed by atoms with van der Waals surface area (Å²) in [7, 11) is -3.50. The van der Waals surface area contributed by atoms with Gasteiger partial charge in [0.2, 0.25) is 0 Å². The Morgan fingerprint density at radius 1 is 0.870 bits per heavy atom. The Balaban J connectivity index is 1.89. The van der Waals surface area contributed by atoms with Gasteiger partial charge in [0.1, 0.15) is 16.9 Å². The van der Waals surface area contributed by atoms with Crippen molar-refractivity contribution in [2.75, 3.05) is 4.90 Å². The van der Waals surface area contributed by atoms with E-state index in [0.29, 0.717) is 27.7 Å². The lowest BCUT2D eigenvalue weighted by Crippen LogP contribution is -2.44. The molecule has 0 atom stereocenters. The van der Waals surface area contributed by atoms with Crippen molar-refractivity contribution in [3.05, 3.63) is 66.4 Å². The van der Waals surface area contributed by atoms with Crippen LogP contribution in [0.5, 0.6) is 0 Å². The highest BCUT2D eigenvalue weighted by atomic mass is 35.5. The van der Waals surface area contributed by atoms with Crippen molar-refractivity contribution in [3.63, 3.8) is 0 Å². The van der Waals surface area contributed by atoms with E-state index in [-0.39, 0.29) is 22.2 Å². The van der Waals surface area contributed by atoms with Crippen LogP contribution in [0.2, 0.25) is 0 Å². The average molecular weight is 669 g/mol. The van der Waals surface area contributed by atoms with Crippen molar-refractivity contribution in [2.45, 2.75) is 82.6 Å². The van der Waals surface area contributed by atoms with Crippen LogP contribution in [0.1, 0.15) is 61.0 Å². The first-order valence-electron chi connectivity index (χ1n) is 14.5. The lowest BCUT2D eigenvalue weighted by atomic mass is 10.1. The topological polar surface area (TPSA) is 142 Å². The number of halogens is 1. The highest BCUT2D eigenvalue weighted by molar-refractivity contribution is 7.92. The normalized spacial score (nSPS) is 12.2. The zero-order valence-corrected chi connectivity index (χ0v) is 28.6. The monoisotopic (exact) mass is 668 g/mol. The van der Waals surface area contributed by atoms with E-state index in [0.717, 1.165) is 11.1 Å². The smallest absolute Gasteiger partial charge is 0.425 e. The predicted molar refractivity (Wildman–Crippen MR) is 175 cm³/mol. The number of anilines is 1. The quantitative estimate of drug-likeness (QED) is 0.177. The van der Waals surface area contributed by atoms with E-state index in [1.165, 1.54) is 18.3 Å². The van der Waals surface area contributed by atoms with Gasteiger partial charge in [0.15, 0.2) is 27.1 Å². The second-order valence-corrected chi connectivity index (χ2v) is 15.5. The molecule has 0 aliphatic heterocycles. The van der Waals surface area contributed by atoms with Gasteiger partial charge in [0, 0.05) is 23.1 Å². The third-order valence-corrected chi connectivity index (χ3v) is 8.84. The summed E-state index contributed by atoms with van der Waals surface area (Å²) in [5.74, 6) is 0.231. The molecule has 2 aromatic heterocycles. The number of benzene rings is 2. The van der Waals surface area contributed by atoms with Crippen LogP contribution in [0, 0.1) is 0 Å². The molecular weight excluding hydrogens is 632 g/mol. The van der Waals surface area contributed by atoms with Crippen LogP contribution < -0.4 is 4.90 Å². The molecule has 0 radical (unpaired) electrons. The number of ether oxygens (including phenoxy) is 2. The van der Waals surface area contributed by atoms with Crippen molar-refractivity contribution in [1.29, 1.82) is 0 Å². The Bertz CT molecular complexity index is 1800. The molecule has 0 unspecified atom stereocenters. The van der Waals surface area contributed by atoms with Crippen LogP contribution in [0.25, 0.3) is 34.0 Å². The molecule has 2 amide bonds. The number of rotatable bonds is 7. The van der Waals surface area contributed by atoms with Crippen LogP contribution in [-0.4, -0.2) is 52.2 Å². The zero-order chi connectivity index (χ0) is 34.0. The van der Waals surface area contributed by atoms with Gasteiger partial charge in [0.05, 0.1) is 22.0 Å². The molecule has 2 aromatic carbocycles. The molecule has 0 spiro atoms. The number of nitrogens with zero attached hydrogens (tertiary/aromatic N) is 4. The van der Waals surface area contributed by atoms with Gasteiger partial charge in [0.25, 0.3) is 0 Å². The van der Waals surface area contributed by atoms with Crippen LogP contribution in [-0.2, 0) is 25.2 Å². The molecule has 0 N–H and O–H groups in total. The van der Waals surface area contributed by atoms with E-state index in [4.69, 9.17) is 30.6 Å². The van der Waals surface area contributed by atoms with Crippen molar-refractivity contribution in [3.8, 4) is 34.0 Å². The van der Waals surface area contributed by atoms with Gasteiger partial charge in [-0.25, -0.2) is 28.0 Å². The van der Waals surface area contributed by atoms with E-state index in [9.17, 15) is 18.0 Å². The second-order valence-electron chi connectivity index (χ2n) is 12.7. The van der Waals surface area contributed by atoms with Crippen LogP contribution in [0.4, 0.5) is 15.4 Å². The standard InChI is InChI=1S/C33H37ClN4O7S/c1-20(2)46(41,42)24-15-13-23(14-16-24)26-19-35-29(38(30(39)43-32(3,4)5)31(40)44-33(6,7)8)28(36-26)27-17-25(37-45-27)22-11-9-21(18-34)10-12-22/h9-17,19-20H,18H2,1-8H3. The number of carbonyl (C=O) groups is 2. The number of amides is 2. The summed E-state index contributed by atoms with van der Waals surface area (Å²) in [6, 6.07) is 15.2. The first-order valence-corrected chi connectivity index (χ1v) is 16.6. The highest BCUT2D eigenvalue weighted by Gasteiger charge is 2.37. The number of hydrogen-bond donors (Lipinski definition) is 0. The molecule has 0 saturated carbocycles. The zero-order valence-electron chi connectivity index (χ0n) is 27.0. The van der Waals surface area contributed by atoms with Crippen LogP contribution in [0.3, 0.4) is 0 Å². The van der Waals surface area contributed by atoms with E-state index in [1.807, 2.05) is 24.3 Å². The minimum absolute atomic E-state index is 0.00998. The fourth-order valence-corrected chi connectivity index (χ4v) is 5.33. The third-order valence-electron chi connectivity index (χ3n) is 6.36. The fraction of sp³-hybridized carbons (Fsp3) is 0.364. The lowest BCUT2D eigenvalue weighted by molar-refractivity contribution is 0.0429. The lowest BCUT2D eigenvalue weighted by Gasteiger charge is -2.28. The molecular formula is C33H37ClN4O7S. The molecule has 0 aliphatic carbocycles. The van der Waals surface area contributed by atoms with Gasteiger partial charge < -0.3 is 14.0 Å². The molecule has 4 rings (SSSR count). The minimum Gasteiger partial charge on any atom is -0.443 e. The van der Waals surface area contributed by atoms with Gasteiger partial charge in [-0.15, -0.1) is 11.6 Å². The predicted octanol–water partition coefficient (Wildman–Crippen LogP) is 8.06. The molecule has 46 heavy (non-hydrogen) atoms. The summed E-state index contributed by atoms with van der Waals surface area (Å²) >= 11 is 5.94. The molecule has 0 bridgehead atoms. The Morgan fingerprint density at radius 2 is 1.39 bits per heavy atom. The Morgan fingerprint density at radius 3 is 1.89 bits per heavy atom. The van der Waals surface area contributed by atoms with Crippen molar-refractivity contribution in [2.24, 2.45) is 0 Å². The largest absolute Gasteiger partial charge is 0.443 e. The fourth-order valence-electron chi connectivity index (χ4n) is 4.09. The highest BCUT2D eigenvalue weighted by Crippen LogP contribution is 2.34. The molecule has 13 heteroatoms. The average Bonchev–Trinajstić information content (AvgIpc) is 3.46. The summed E-state index contributed by atoms with van der Waals surface area (Å²) in [5, 5.41) is 3.60. The summed E-state index contributed by atoms with van der Waals surface area (Å²) in [6.45, 7) is 13.2. The van der Waals surface area contributed by atoms with Gasteiger partial charge >= 0.3 is 12.2 Å². The molecule has 0 saturated heterocycles. The minimum atomic E-state index is -3.50. The maximum absolute atomic E-state index is 13.5. The molecule has 2 heterocycles. The van der Waals surface area contributed by atoms with Crippen molar-refractivity contribution >= 4 is 39.4 Å². The summed E-state index contributed by atoms with van der Waals surface area (Å²) < 4.78 is 42.2. The van der Waals surface area contributed by atoms with E-state index < -0.39 is 38.5 Å². The van der Waals surface area contributed by atoms with Crippen LogP contribution >= 0.6 is 11.6 Å². The van der Waals surface area contributed by atoms with Gasteiger partial charge in [-0.1, -0.05) is 41.6 Å². The number of imide groups is 1. The first kappa shape index (κ1) is 34.6. The van der Waals surface area contributed by atoms with Crippen molar-refractivity contribution < 1.29 is 32.0 Å². The molecule has 0 aliphatic rings. The van der Waals surface area contributed by atoms with E-state index in [1.54, 1.807) is 73.6 Å². The molecule has 11 nitrogen and oxygen atoms in total. The molecule has 4 aromatic rings. The Kier molecular flexibility index (Phi) is 9.93. The van der Waals surface area contributed by atoms with E-state index >= 15 is 0 Å². The summed E-state index contributed by atoms with van der Waals surface area (Å²) in [5.41, 5.74) is 1.02. The summed E-state index contributed by atoms with van der Waals surface area (Å²) in [6.07, 6.45) is -0.719. The van der Waals surface area contributed by atoms with Crippen LogP contribution in [0.15, 0.2) is 70.2 Å². The second kappa shape index (κ2) is 13.2. The number of carbonyl (C=O) groups excluding carboxylic acids is 2.